The van der Waals surface area contributed by atoms with Crippen molar-refractivity contribution in [2.24, 2.45) is 7.05 Å². The summed E-state index contributed by atoms with van der Waals surface area (Å²) in [6.45, 7) is 3.52. The van der Waals surface area contributed by atoms with Gasteiger partial charge in [0.2, 0.25) is 5.88 Å². The first-order valence-corrected chi connectivity index (χ1v) is 10.6. The quantitative estimate of drug-likeness (QED) is 0.487. The Morgan fingerprint density at radius 1 is 1.24 bits per heavy atom. The minimum Gasteiger partial charge on any atom is -0.478 e. The monoisotopic (exact) mass is 492 g/mol. The summed E-state index contributed by atoms with van der Waals surface area (Å²) in [5, 5.41) is 20.4. The Morgan fingerprint density at radius 2 is 1.91 bits per heavy atom. The zero-order valence-electron chi connectivity index (χ0n) is 18.8. The van der Waals surface area contributed by atoms with Crippen LogP contribution in [-0.2, 0) is 12.6 Å². The molecule has 10 heteroatoms. The second-order valence-corrected chi connectivity index (χ2v) is 8.59. The molecule has 1 aromatic carbocycles. The van der Waals surface area contributed by atoms with Gasteiger partial charge in [-0.15, -0.1) is 0 Å². The number of hydrogen-bond acceptors (Lipinski definition) is 5. The predicted molar refractivity (Wildman–Crippen MR) is 122 cm³/mol. The van der Waals surface area contributed by atoms with Crippen molar-refractivity contribution in [3.63, 3.8) is 0 Å². The average Bonchev–Trinajstić information content (AvgIpc) is 2.75. The van der Waals surface area contributed by atoms with Crippen LogP contribution < -0.4 is 10.3 Å². The summed E-state index contributed by atoms with van der Waals surface area (Å²) in [7, 11) is 1.42. The van der Waals surface area contributed by atoms with Crippen molar-refractivity contribution in [3.05, 3.63) is 86.4 Å². The van der Waals surface area contributed by atoms with Gasteiger partial charge in [-0.3, -0.25) is 4.79 Å². The van der Waals surface area contributed by atoms with Crippen molar-refractivity contribution >= 4 is 17.6 Å². The second-order valence-electron chi connectivity index (χ2n) is 8.18. The molecule has 0 amide bonds. The van der Waals surface area contributed by atoms with Gasteiger partial charge in [0.15, 0.2) is 5.60 Å². The fourth-order valence-electron chi connectivity index (χ4n) is 3.81. The molecule has 2 atom stereocenters. The molecule has 0 aliphatic heterocycles. The van der Waals surface area contributed by atoms with Gasteiger partial charge < -0.3 is 19.5 Å². The number of benzene rings is 1. The Morgan fingerprint density at radius 3 is 2.41 bits per heavy atom. The lowest BCUT2D eigenvalue weighted by molar-refractivity contribution is -0.187. The Kier molecular flexibility index (Phi) is 6.82. The fraction of sp³-hybridized carbons (Fsp3) is 0.292. The number of ether oxygens (including phenoxy) is 1. The third kappa shape index (κ3) is 4.67. The van der Waals surface area contributed by atoms with Crippen molar-refractivity contribution in [1.29, 1.82) is 0 Å². The SMILES string of the molecule is Cc1cc(C(O)(C(C)c2ccc(Oc3ccc(C(=O)O)cn3)cc2Cl)C(C)(F)F)cn(C)c1=O. The summed E-state index contributed by atoms with van der Waals surface area (Å²) in [4.78, 5) is 26.9. The molecule has 180 valence electrons. The first-order chi connectivity index (χ1) is 15.8. The number of aliphatic hydroxyl groups is 1. The molecule has 0 saturated carbocycles. The molecule has 0 saturated heterocycles. The van der Waals surface area contributed by atoms with E-state index in [2.05, 4.69) is 4.98 Å². The van der Waals surface area contributed by atoms with Crippen molar-refractivity contribution in [2.45, 2.75) is 38.2 Å². The van der Waals surface area contributed by atoms with Gasteiger partial charge in [-0.1, -0.05) is 24.6 Å². The van der Waals surface area contributed by atoms with E-state index in [1.165, 1.54) is 63.5 Å². The molecule has 7 nitrogen and oxygen atoms in total. The number of aromatic nitrogens is 2. The van der Waals surface area contributed by atoms with Gasteiger partial charge in [0.1, 0.15) is 5.75 Å². The Labute approximate surface area is 199 Å². The van der Waals surface area contributed by atoms with E-state index < -0.39 is 23.4 Å². The van der Waals surface area contributed by atoms with Crippen molar-refractivity contribution in [2.75, 3.05) is 0 Å². The van der Waals surface area contributed by atoms with Crippen LogP contribution in [0.5, 0.6) is 11.6 Å². The highest BCUT2D eigenvalue weighted by Crippen LogP contribution is 2.49. The largest absolute Gasteiger partial charge is 0.478 e. The number of aryl methyl sites for hydroxylation is 2. The molecule has 2 N–H and O–H groups in total. The summed E-state index contributed by atoms with van der Waals surface area (Å²) in [6, 6.07) is 8.27. The molecular weight excluding hydrogens is 470 g/mol. The van der Waals surface area contributed by atoms with E-state index in [0.717, 1.165) is 10.8 Å². The van der Waals surface area contributed by atoms with E-state index in [4.69, 9.17) is 21.4 Å². The van der Waals surface area contributed by atoms with E-state index in [0.29, 0.717) is 6.92 Å². The van der Waals surface area contributed by atoms with E-state index in [9.17, 15) is 23.5 Å². The van der Waals surface area contributed by atoms with Crippen LogP contribution in [0, 0.1) is 6.92 Å². The summed E-state index contributed by atoms with van der Waals surface area (Å²) in [5.41, 5.74) is -2.72. The number of rotatable bonds is 7. The normalized spacial score (nSPS) is 14.4. The molecule has 2 unspecified atom stereocenters. The summed E-state index contributed by atoms with van der Waals surface area (Å²) in [5.74, 6) is -5.56. The maximum Gasteiger partial charge on any atom is 0.337 e. The molecule has 0 aliphatic rings. The number of pyridine rings is 2. The Bertz CT molecular complexity index is 1260. The van der Waals surface area contributed by atoms with E-state index in [1.807, 2.05) is 0 Å². The number of nitrogens with zero attached hydrogens (tertiary/aromatic N) is 2. The Balaban J connectivity index is 1.98. The van der Waals surface area contributed by atoms with Gasteiger partial charge in [0.25, 0.3) is 11.5 Å². The number of halogens is 3. The van der Waals surface area contributed by atoms with Gasteiger partial charge in [-0.2, -0.15) is 0 Å². The predicted octanol–water partition coefficient (Wildman–Crippen LogP) is 4.88. The lowest BCUT2D eigenvalue weighted by Gasteiger charge is -2.40. The van der Waals surface area contributed by atoms with Gasteiger partial charge in [-0.05, 0) is 36.8 Å². The maximum absolute atomic E-state index is 14.9. The Hall–Kier alpha value is -3.30. The van der Waals surface area contributed by atoms with Crippen molar-refractivity contribution in [1.82, 2.24) is 9.55 Å². The molecule has 3 rings (SSSR count). The molecule has 2 heterocycles. The van der Waals surface area contributed by atoms with Crippen LogP contribution >= 0.6 is 11.6 Å². The lowest BCUT2D eigenvalue weighted by atomic mass is 9.74. The van der Waals surface area contributed by atoms with Gasteiger partial charge in [-0.25, -0.2) is 18.6 Å². The highest BCUT2D eigenvalue weighted by atomic mass is 35.5. The number of carbonyl (C=O) groups is 1. The van der Waals surface area contributed by atoms with Crippen LogP contribution in [0.1, 0.15) is 46.8 Å². The van der Waals surface area contributed by atoms with Crippen molar-refractivity contribution in [3.8, 4) is 11.6 Å². The lowest BCUT2D eigenvalue weighted by Crippen LogP contribution is -2.48. The van der Waals surface area contributed by atoms with Crippen LogP contribution in [-0.4, -0.2) is 31.7 Å². The van der Waals surface area contributed by atoms with Gasteiger partial charge in [0.05, 0.1) is 5.56 Å². The number of hydrogen-bond donors (Lipinski definition) is 2. The van der Waals surface area contributed by atoms with E-state index >= 15 is 0 Å². The van der Waals surface area contributed by atoms with Crippen LogP contribution in [0.25, 0.3) is 0 Å². The van der Waals surface area contributed by atoms with Crippen LogP contribution in [0.2, 0.25) is 5.02 Å². The molecule has 2 aromatic heterocycles. The summed E-state index contributed by atoms with van der Waals surface area (Å²) < 4.78 is 36.5. The van der Waals surface area contributed by atoms with E-state index in [1.54, 1.807) is 0 Å². The fourth-order valence-corrected chi connectivity index (χ4v) is 4.14. The van der Waals surface area contributed by atoms with Gasteiger partial charge in [0, 0.05) is 54.5 Å². The second kappa shape index (κ2) is 9.15. The topological polar surface area (TPSA) is 102 Å². The van der Waals surface area contributed by atoms with Crippen LogP contribution in [0.3, 0.4) is 0 Å². The molecule has 0 spiro atoms. The first kappa shape index (κ1) is 25.3. The zero-order chi connectivity index (χ0) is 25.4. The molecular formula is C24H23ClF2N2O5. The highest BCUT2D eigenvalue weighted by molar-refractivity contribution is 6.31. The highest BCUT2D eigenvalue weighted by Gasteiger charge is 2.55. The van der Waals surface area contributed by atoms with Crippen LogP contribution in [0.4, 0.5) is 8.78 Å². The smallest absolute Gasteiger partial charge is 0.337 e. The minimum absolute atomic E-state index is 0.0111. The molecule has 0 bridgehead atoms. The van der Waals surface area contributed by atoms with Gasteiger partial charge >= 0.3 is 5.97 Å². The molecule has 0 fully saturated rings. The van der Waals surface area contributed by atoms with Crippen molar-refractivity contribution < 1.29 is 28.5 Å². The number of aromatic carboxylic acids is 1. The first-order valence-electron chi connectivity index (χ1n) is 10.2. The molecule has 3 aromatic rings. The van der Waals surface area contributed by atoms with E-state index in [-0.39, 0.29) is 44.5 Å². The molecule has 0 aliphatic carbocycles. The number of carboxylic acids is 1. The molecule has 34 heavy (non-hydrogen) atoms. The summed E-state index contributed by atoms with van der Waals surface area (Å²) >= 11 is 6.40. The standard InChI is InChI=1S/C24H23ClF2N2O5/c1-13-9-16(12-29(4)21(13)30)24(33,23(3,26)27)14(2)18-7-6-17(10-19(18)25)34-20-8-5-15(11-28-20)22(31)32/h5-12,14,33H,1-4H3,(H,31,32). The van der Waals surface area contributed by atoms with Crippen LogP contribution in [0.15, 0.2) is 53.6 Å². The average molecular weight is 493 g/mol. The maximum atomic E-state index is 14.9. The molecule has 0 radical (unpaired) electrons. The summed E-state index contributed by atoms with van der Waals surface area (Å²) in [6.07, 6.45) is 2.33. The minimum atomic E-state index is -3.59. The third-order valence-electron chi connectivity index (χ3n) is 5.74. The third-order valence-corrected chi connectivity index (χ3v) is 6.07. The number of carboxylic acid groups (broad SMARTS) is 1. The zero-order valence-corrected chi connectivity index (χ0v) is 19.6. The number of alkyl halides is 2.